The number of carbonyl (C=O) groups excluding carboxylic acids is 1. The van der Waals surface area contributed by atoms with E-state index in [9.17, 15) is 14.0 Å². The molecular weight excluding hydrogens is 263 g/mol. The van der Waals surface area contributed by atoms with Crippen LogP contribution in [0.4, 0.5) is 9.18 Å². The van der Waals surface area contributed by atoms with Crippen molar-refractivity contribution in [1.82, 2.24) is 10.6 Å². The molecule has 0 saturated carbocycles. The molecule has 1 atom stereocenters. The van der Waals surface area contributed by atoms with Crippen molar-refractivity contribution in [3.8, 4) is 0 Å². The third-order valence-electron chi connectivity index (χ3n) is 2.82. The molecule has 0 aromatic heterocycles. The van der Waals surface area contributed by atoms with Crippen LogP contribution in [0.5, 0.6) is 0 Å². The molecule has 0 aliphatic carbocycles. The molecule has 1 aromatic carbocycles. The molecule has 0 spiro atoms. The molecule has 20 heavy (non-hydrogen) atoms. The molecule has 1 rings (SSSR count). The quantitative estimate of drug-likeness (QED) is 0.672. The zero-order valence-electron chi connectivity index (χ0n) is 11.4. The molecule has 0 bridgehead atoms. The summed E-state index contributed by atoms with van der Waals surface area (Å²) in [6.07, 6.45) is 1.25. The molecule has 2 amide bonds. The molecule has 0 radical (unpaired) electrons. The lowest BCUT2D eigenvalue weighted by Crippen LogP contribution is -2.37. The molecule has 0 heterocycles. The first-order valence-corrected chi connectivity index (χ1v) is 6.50. The number of nitrogens with one attached hydrogen (secondary N) is 2. The summed E-state index contributed by atoms with van der Waals surface area (Å²) in [7, 11) is 0. The van der Waals surface area contributed by atoms with Crippen molar-refractivity contribution in [3.05, 3.63) is 35.6 Å². The van der Waals surface area contributed by atoms with E-state index in [4.69, 9.17) is 5.11 Å². The van der Waals surface area contributed by atoms with Crippen LogP contribution in [0, 0.1) is 5.82 Å². The van der Waals surface area contributed by atoms with Crippen molar-refractivity contribution in [2.45, 2.75) is 32.2 Å². The molecule has 0 aliphatic heterocycles. The van der Waals surface area contributed by atoms with Gasteiger partial charge in [0.1, 0.15) is 5.82 Å². The average Bonchev–Trinajstić information content (AvgIpc) is 2.38. The molecule has 6 heteroatoms. The Hall–Kier alpha value is -2.11. The number of rotatable bonds is 7. The second-order valence-electron chi connectivity index (χ2n) is 4.52. The van der Waals surface area contributed by atoms with Crippen LogP contribution in [0.2, 0.25) is 0 Å². The van der Waals surface area contributed by atoms with Crippen LogP contribution in [-0.2, 0) is 4.79 Å². The van der Waals surface area contributed by atoms with E-state index in [1.807, 2.05) is 0 Å². The lowest BCUT2D eigenvalue weighted by atomic mass is 10.1. The number of unbranched alkanes of at least 4 members (excludes halogenated alkanes) is 1. The topological polar surface area (TPSA) is 78.4 Å². The van der Waals surface area contributed by atoms with Crippen molar-refractivity contribution < 1.29 is 19.1 Å². The fraction of sp³-hybridized carbons (Fsp3) is 0.429. The second kappa shape index (κ2) is 8.14. The van der Waals surface area contributed by atoms with E-state index in [2.05, 4.69) is 10.6 Å². The fourth-order valence-electron chi connectivity index (χ4n) is 1.69. The molecule has 5 nitrogen and oxygen atoms in total. The van der Waals surface area contributed by atoms with Crippen molar-refractivity contribution >= 4 is 12.0 Å². The normalized spacial score (nSPS) is 11.7. The van der Waals surface area contributed by atoms with Gasteiger partial charge in [-0.25, -0.2) is 9.18 Å². The van der Waals surface area contributed by atoms with Gasteiger partial charge in [-0.3, -0.25) is 4.79 Å². The minimum absolute atomic E-state index is 0.106. The predicted octanol–water partition coefficient (Wildman–Crippen LogP) is 2.44. The number of hydrogen-bond donors (Lipinski definition) is 3. The Morgan fingerprint density at radius 3 is 2.50 bits per heavy atom. The Labute approximate surface area is 117 Å². The van der Waals surface area contributed by atoms with Gasteiger partial charge in [-0.15, -0.1) is 0 Å². The summed E-state index contributed by atoms with van der Waals surface area (Å²) in [6.45, 7) is 2.23. The lowest BCUT2D eigenvalue weighted by Gasteiger charge is -2.15. The predicted molar refractivity (Wildman–Crippen MR) is 72.8 cm³/mol. The van der Waals surface area contributed by atoms with Gasteiger partial charge in [-0.2, -0.15) is 0 Å². The largest absolute Gasteiger partial charge is 0.481 e. The van der Waals surface area contributed by atoms with Gasteiger partial charge in [-0.05, 0) is 37.5 Å². The van der Waals surface area contributed by atoms with Gasteiger partial charge in [0.05, 0.1) is 6.04 Å². The molecule has 1 aromatic rings. The minimum atomic E-state index is -0.834. The van der Waals surface area contributed by atoms with Gasteiger partial charge in [0, 0.05) is 13.0 Å². The number of carboxylic acids is 1. The Balaban J connectivity index is 2.24. The van der Waals surface area contributed by atoms with E-state index in [-0.39, 0.29) is 24.3 Å². The zero-order chi connectivity index (χ0) is 15.0. The number of benzene rings is 1. The monoisotopic (exact) mass is 282 g/mol. The van der Waals surface area contributed by atoms with Crippen LogP contribution in [0.25, 0.3) is 0 Å². The van der Waals surface area contributed by atoms with Gasteiger partial charge in [-0.1, -0.05) is 12.1 Å². The SMILES string of the molecule is CC(NC(=O)NCCCCC(=O)O)c1ccc(F)cc1. The van der Waals surface area contributed by atoms with Gasteiger partial charge in [0.25, 0.3) is 0 Å². The summed E-state index contributed by atoms with van der Waals surface area (Å²) >= 11 is 0. The Bertz CT molecular complexity index is 448. The molecule has 0 saturated heterocycles. The van der Waals surface area contributed by atoms with Crippen LogP contribution in [0.15, 0.2) is 24.3 Å². The van der Waals surface area contributed by atoms with Crippen LogP contribution in [0.1, 0.15) is 37.8 Å². The van der Waals surface area contributed by atoms with Gasteiger partial charge < -0.3 is 15.7 Å². The first kappa shape index (κ1) is 15.9. The molecule has 110 valence electrons. The van der Waals surface area contributed by atoms with E-state index in [0.29, 0.717) is 19.4 Å². The Morgan fingerprint density at radius 2 is 1.90 bits per heavy atom. The molecule has 1 unspecified atom stereocenters. The van der Waals surface area contributed by atoms with E-state index in [1.54, 1.807) is 19.1 Å². The number of halogens is 1. The van der Waals surface area contributed by atoms with E-state index in [0.717, 1.165) is 5.56 Å². The highest BCUT2D eigenvalue weighted by Gasteiger charge is 2.08. The standard InChI is InChI=1S/C14H19FN2O3/c1-10(11-5-7-12(15)8-6-11)17-14(20)16-9-3-2-4-13(18)19/h5-8,10H,2-4,9H2,1H3,(H,18,19)(H2,16,17,20). The molecular formula is C14H19FN2O3. The maximum atomic E-state index is 12.8. The average molecular weight is 282 g/mol. The highest BCUT2D eigenvalue weighted by atomic mass is 19.1. The van der Waals surface area contributed by atoms with Crippen molar-refractivity contribution in [2.75, 3.05) is 6.54 Å². The van der Waals surface area contributed by atoms with Crippen molar-refractivity contribution in [3.63, 3.8) is 0 Å². The second-order valence-corrected chi connectivity index (χ2v) is 4.52. The molecule has 0 fully saturated rings. The summed E-state index contributed by atoms with van der Waals surface area (Å²) in [6, 6.07) is 5.38. The van der Waals surface area contributed by atoms with Gasteiger partial charge in [0.2, 0.25) is 0 Å². The number of hydrogen-bond acceptors (Lipinski definition) is 2. The number of carboxylic acid groups (broad SMARTS) is 1. The van der Waals surface area contributed by atoms with E-state index >= 15 is 0 Å². The fourth-order valence-corrected chi connectivity index (χ4v) is 1.69. The number of aliphatic carboxylic acids is 1. The maximum absolute atomic E-state index is 12.8. The highest BCUT2D eigenvalue weighted by molar-refractivity contribution is 5.74. The third-order valence-corrected chi connectivity index (χ3v) is 2.82. The van der Waals surface area contributed by atoms with Crippen LogP contribution >= 0.6 is 0 Å². The van der Waals surface area contributed by atoms with E-state index < -0.39 is 5.97 Å². The number of urea groups is 1. The highest BCUT2D eigenvalue weighted by Crippen LogP contribution is 2.12. The van der Waals surface area contributed by atoms with Gasteiger partial charge >= 0.3 is 12.0 Å². The Kier molecular flexibility index (Phi) is 6.49. The number of carbonyl (C=O) groups is 2. The van der Waals surface area contributed by atoms with Crippen LogP contribution in [0.3, 0.4) is 0 Å². The summed E-state index contributed by atoms with van der Waals surface area (Å²) in [5.41, 5.74) is 0.812. The smallest absolute Gasteiger partial charge is 0.315 e. The first-order chi connectivity index (χ1) is 9.49. The van der Waals surface area contributed by atoms with Crippen LogP contribution < -0.4 is 10.6 Å². The van der Waals surface area contributed by atoms with Crippen LogP contribution in [-0.4, -0.2) is 23.7 Å². The minimum Gasteiger partial charge on any atom is -0.481 e. The van der Waals surface area contributed by atoms with Gasteiger partial charge in [0.15, 0.2) is 0 Å². The van der Waals surface area contributed by atoms with Crippen molar-refractivity contribution in [1.29, 1.82) is 0 Å². The lowest BCUT2D eigenvalue weighted by molar-refractivity contribution is -0.137. The zero-order valence-corrected chi connectivity index (χ0v) is 11.4. The van der Waals surface area contributed by atoms with E-state index in [1.165, 1.54) is 12.1 Å². The maximum Gasteiger partial charge on any atom is 0.315 e. The van der Waals surface area contributed by atoms with Crippen molar-refractivity contribution in [2.24, 2.45) is 0 Å². The number of amides is 2. The summed E-state index contributed by atoms with van der Waals surface area (Å²) in [4.78, 5) is 21.9. The summed E-state index contributed by atoms with van der Waals surface area (Å²) in [5, 5.41) is 13.8. The first-order valence-electron chi connectivity index (χ1n) is 6.50. The summed E-state index contributed by atoms with van der Waals surface area (Å²) in [5.74, 6) is -1.15. The summed E-state index contributed by atoms with van der Waals surface area (Å²) < 4.78 is 12.8. The molecule has 0 aliphatic rings. The Morgan fingerprint density at radius 1 is 1.25 bits per heavy atom. The third kappa shape index (κ3) is 6.17. The molecule has 3 N–H and O–H groups in total.